The zero-order valence-corrected chi connectivity index (χ0v) is 11.0. The minimum atomic E-state index is 0.855. The minimum Gasteiger partial charge on any atom is -0.380 e. The van der Waals surface area contributed by atoms with Crippen LogP contribution in [-0.4, -0.2) is 11.2 Å². The highest BCUT2D eigenvalue weighted by Gasteiger charge is 2.01. The highest BCUT2D eigenvalue weighted by Crippen LogP contribution is 2.20. The zero-order chi connectivity index (χ0) is 11.4. The number of thioether (sulfide) groups is 1. The van der Waals surface area contributed by atoms with Crippen LogP contribution in [-0.2, 0) is 6.54 Å². The molecule has 2 rings (SSSR count). The topological polar surface area (TPSA) is 24.9 Å². The van der Waals surface area contributed by atoms with Crippen molar-refractivity contribution in [3.05, 3.63) is 40.3 Å². The predicted molar refractivity (Wildman–Crippen MR) is 72.4 cm³/mol. The van der Waals surface area contributed by atoms with Crippen LogP contribution in [0.15, 0.2) is 34.7 Å². The van der Waals surface area contributed by atoms with Gasteiger partial charge in [-0.1, -0.05) is 6.07 Å². The summed E-state index contributed by atoms with van der Waals surface area (Å²) in [6.07, 6.45) is 2.09. The van der Waals surface area contributed by atoms with E-state index in [1.54, 1.807) is 23.1 Å². The SMILES string of the molecule is CSc1cccc(NCc2scnc2C)c1. The molecule has 1 heterocycles. The van der Waals surface area contributed by atoms with Crippen molar-refractivity contribution in [2.24, 2.45) is 0 Å². The first-order valence-electron chi connectivity index (χ1n) is 5.06. The molecule has 0 unspecified atom stereocenters. The number of thiazole rings is 1. The summed E-state index contributed by atoms with van der Waals surface area (Å²) in [5, 5.41) is 3.42. The van der Waals surface area contributed by atoms with Gasteiger partial charge in [0.2, 0.25) is 0 Å². The third-order valence-electron chi connectivity index (χ3n) is 2.37. The van der Waals surface area contributed by atoms with E-state index in [0.29, 0.717) is 0 Å². The van der Waals surface area contributed by atoms with E-state index in [9.17, 15) is 0 Å². The van der Waals surface area contributed by atoms with Crippen molar-refractivity contribution in [2.45, 2.75) is 18.4 Å². The Balaban J connectivity index is 2.02. The van der Waals surface area contributed by atoms with Gasteiger partial charge >= 0.3 is 0 Å². The largest absolute Gasteiger partial charge is 0.380 e. The van der Waals surface area contributed by atoms with Crippen molar-refractivity contribution < 1.29 is 0 Å². The molecule has 0 aliphatic rings. The van der Waals surface area contributed by atoms with Gasteiger partial charge in [-0.25, -0.2) is 4.98 Å². The molecule has 84 valence electrons. The summed E-state index contributed by atoms with van der Waals surface area (Å²) in [6, 6.07) is 8.46. The van der Waals surface area contributed by atoms with E-state index in [0.717, 1.165) is 12.2 Å². The highest BCUT2D eigenvalue weighted by atomic mass is 32.2. The molecule has 1 aromatic carbocycles. The van der Waals surface area contributed by atoms with Gasteiger partial charge in [-0.15, -0.1) is 23.1 Å². The summed E-state index contributed by atoms with van der Waals surface area (Å²) in [7, 11) is 0. The van der Waals surface area contributed by atoms with Crippen molar-refractivity contribution in [2.75, 3.05) is 11.6 Å². The molecule has 16 heavy (non-hydrogen) atoms. The summed E-state index contributed by atoms with van der Waals surface area (Å²) in [6.45, 7) is 2.90. The van der Waals surface area contributed by atoms with Crippen molar-refractivity contribution in [3.8, 4) is 0 Å². The molecule has 0 saturated heterocycles. The van der Waals surface area contributed by atoms with Crippen LogP contribution in [0.5, 0.6) is 0 Å². The van der Waals surface area contributed by atoms with Crippen LogP contribution in [0.3, 0.4) is 0 Å². The average Bonchev–Trinajstić information content (AvgIpc) is 2.72. The van der Waals surface area contributed by atoms with Crippen molar-refractivity contribution in [3.63, 3.8) is 0 Å². The standard InChI is InChI=1S/C12H14N2S2/c1-9-12(16-8-14-9)7-13-10-4-3-5-11(6-10)15-2/h3-6,8,13H,7H2,1-2H3. The molecule has 0 radical (unpaired) electrons. The first kappa shape index (κ1) is 11.5. The first-order valence-corrected chi connectivity index (χ1v) is 7.17. The van der Waals surface area contributed by atoms with Gasteiger partial charge in [0.05, 0.1) is 17.7 Å². The molecule has 0 saturated carbocycles. The summed E-state index contributed by atoms with van der Waals surface area (Å²) in [5.74, 6) is 0. The lowest BCUT2D eigenvalue weighted by atomic mass is 10.3. The maximum absolute atomic E-state index is 4.24. The highest BCUT2D eigenvalue weighted by molar-refractivity contribution is 7.98. The molecule has 0 amide bonds. The van der Waals surface area contributed by atoms with E-state index < -0.39 is 0 Å². The van der Waals surface area contributed by atoms with Gasteiger partial charge < -0.3 is 5.32 Å². The lowest BCUT2D eigenvalue weighted by Gasteiger charge is -2.06. The Bertz CT molecular complexity index is 466. The van der Waals surface area contributed by atoms with Gasteiger partial charge in [-0.2, -0.15) is 0 Å². The Morgan fingerprint density at radius 2 is 2.31 bits per heavy atom. The minimum absolute atomic E-state index is 0.855. The molecule has 0 fully saturated rings. The molecule has 0 bridgehead atoms. The monoisotopic (exact) mass is 250 g/mol. The summed E-state index contributed by atoms with van der Waals surface area (Å²) >= 11 is 3.46. The maximum atomic E-state index is 4.24. The van der Waals surface area contributed by atoms with Gasteiger partial charge in [0.15, 0.2) is 0 Å². The molecule has 0 spiro atoms. The van der Waals surface area contributed by atoms with Crippen LogP contribution in [0.4, 0.5) is 5.69 Å². The smallest absolute Gasteiger partial charge is 0.0798 e. The number of hydrogen-bond acceptors (Lipinski definition) is 4. The molecule has 1 N–H and O–H groups in total. The van der Waals surface area contributed by atoms with Crippen molar-refractivity contribution >= 4 is 28.8 Å². The second-order valence-corrected chi connectivity index (χ2v) is 5.27. The predicted octanol–water partition coefficient (Wildman–Crippen LogP) is 3.79. The Morgan fingerprint density at radius 3 is 3.00 bits per heavy atom. The molecule has 2 nitrogen and oxygen atoms in total. The summed E-state index contributed by atoms with van der Waals surface area (Å²) in [5.41, 5.74) is 4.18. The number of nitrogens with zero attached hydrogens (tertiary/aromatic N) is 1. The van der Waals surface area contributed by atoms with Crippen molar-refractivity contribution in [1.29, 1.82) is 0 Å². The summed E-state index contributed by atoms with van der Waals surface area (Å²) in [4.78, 5) is 6.82. The third-order valence-corrected chi connectivity index (χ3v) is 4.03. The van der Waals surface area contributed by atoms with E-state index >= 15 is 0 Å². The second-order valence-electron chi connectivity index (χ2n) is 3.45. The number of anilines is 1. The van der Waals surface area contributed by atoms with Gasteiger partial charge in [0, 0.05) is 15.5 Å². The van der Waals surface area contributed by atoms with Crippen LogP contribution >= 0.6 is 23.1 Å². The second kappa shape index (κ2) is 5.37. The zero-order valence-electron chi connectivity index (χ0n) is 9.36. The van der Waals surface area contributed by atoms with E-state index in [-0.39, 0.29) is 0 Å². The Kier molecular flexibility index (Phi) is 3.85. The van der Waals surface area contributed by atoms with Crippen LogP contribution in [0, 0.1) is 6.92 Å². The fraction of sp³-hybridized carbons (Fsp3) is 0.250. The van der Waals surface area contributed by atoms with Crippen LogP contribution < -0.4 is 5.32 Å². The Morgan fingerprint density at radius 1 is 1.44 bits per heavy atom. The van der Waals surface area contributed by atoms with E-state index in [1.165, 1.54) is 15.5 Å². The molecule has 4 heteroatoms. The molecular formula is C12H14N2S2. The van der Waals surface area contributed by atoms with Gasteiger partial charge in [-0.3, -0.25) is 0 Å². The van der Waals surface area contributed by atoms with E-state index in [4.69, 9.17) is 0 Å². The van der Waals surface area contributed by atoms with Crippen molar-refractivity contribution in [1.82, 2.24) is 4.98 Å². The average molecular weight is 250 g/mol. The Labute approximate surface area is 104 Å². The van der Waals surface area contributed by atoms with E-state index in [1.807, 2.05) is 12.4 Å². The number of benzene rings is 1. The van der Waals surface area contributed by atoms with Gasteiger partial charge in [0.1, 0.15) is 0 Å². The maximum Gasteiger partial charge on any atom is 0.0798 e. The molecule has 0 aliphatic carbocycles. The number of aromatic nitrogens is 1. The number of nitrogens with one attached hydrogen (secondary N) is 1. The normalized spacial score (nSPS) is 10.4. The number of aryl methyl sites for hydroxylation is 1. The molecular weight excluding hydrogens is 236 g/mol. The Hall–Kier alpha value is -1.00. The summed E-state index contributed by atoms with van der Waals surface area (Å²) < 4.78 is 0. The molecule has 1 aromatic heterocycles. The first-order chi connectivity index (χ1) is 7.79. The van der Waals surface area contributed by atoms with Crippen LogP contribution in [0.1, 0.15) is 10.6 Å². The number of hydrogen-bond donors (Lipinski definition) is 1. The van der Waals surface area contributed by atoms with Crippen LogP contribution in [0.25, 0.3) is 0 Å². The van der Waals surface area contributed by atoms with E-state index in [2.05, 4.69) is 40.8 Å². The lowest BCUT2D eigenvalue weighted by Crippen LogP contribution is -1.98. The fourth-order valence-corrected chi connectivity index (χ4v) is 2.59. The quantitative estimate of drug-likeness (QED) is 0.836. The molecule has 0 atom stereocenters. The fourth-order valence-electron chi connectivity index (χ4n) is 1.41. The van der Waals surface area contributed by atoms with Gasteiger partial charge in [-0.05, 0) is 31.4 Å². The lowest BCUT2D eigenvalue weighted by molar-refractivity contribution is 1.12. The van der Waals surface area contributed by atoms with Crippen LogP contribution in [0.2, 0.25) is 0 Å². The molecule has 2 aromatic rings. The molecule has 0 aliphatic heterocycles. The number of rotatable bonds is 4. The third kappa shape index (κ3) is 2.77. The van der Waals surface area contributed by atoms with Gasteiger partial charge in [0.25, 0.3) is 0 Å².